The van der Waals surface area contributed by atoms with Crippen molar-refractivity contribution in [3.63, 3.8) is 0 Å². The fourth-order valence-electron chi connectivity index (χ4n) is 3.17. The Kier molecular flexibility index (Phi) is 4.75. The van der Waals surface area contributed by atoms with Gasteiger partial charge in [-0.25, -0.2) is 0 Å². The molecule has 0 N–H and O–H groups in total. The number of non-ortho nitro benzene ring substituents is 1. The van der Waals surface area contributed by atoms with Gasteiger partial charge in [-0.15, -0.1) is 0 Å². The van der Waals surface area contributed by atoms with Crippen molar-refractivity contribution in [2.24, 2.45) is 0 Å². The lowest BCUT2D eigenvalue weighted by Gasteiger charge is -2.06. The molecule has 0 atom stereocenters. The molecule has 1 aromatic heterocycles. The monoisotopic (exact) mass is 423 g/mol. The van der Waals surface area contributed by atoms with Gasteiger partial charge in [0.05, 0.1) is 22.4 Å². The van der Waals surface area contributed by atoms with E-state index in [-0.39, 0.29) is 10.6 Å². The van der Waals surface area contributed by atoms with Gasteiger partial charge in [-0.05, 0) is 37.3 Å². The summed E-state index contributed by atoms with van der Waals surface area (Å²) in [7, 11) is -2.48. The molecule has 8 nitrogen and oxygen atoms in total. The average Bonchev–Trinajstić information content (AvgIpc) is 3.13. The lowest BCUT2D eigenvalue weighted by atomic mass is 10.1. The molecule has 0 saturated carbocycles. The number of ether oxygens (including phenoxy) is 1. The Morgan fingerprint density at radius 1 is 1.03 bits per heavy atom. The van der Waals surface area contributed by atoms with Crippen LogP contribution in [0.15, 0.2) is 71.6 Å². The molecule has 0 aliphatic rings. The number of nitro groups is 1. The molecule has 0 bridgehead atoms. The van der Waals surface area contributed by atoms with Crippen LogP contribution in [-0.4, -0.2) is 29.6 Å². The molecule has 0 amide bonds. The van der Waals surface area contributed by atoms with Crippen LogP contribution in [0.25, 0.3) is 22.2 Å². The van der Waals surface area contributed by atoms with Gasteiger partial charge in [0.15, 0.2) is 0 Å². The number of nitro benzene ring substituents is 1. The molecule has 152 valence electrons. The molecule has 0 aliphatic carbocycles. The molecule has 0 spiro atoms. The van der Waals surface area contributed by atoms with Crippen molar-refractivity contribution in [1.29, 1.82) is 0 Å². The highest BCUT2D eigenvalue weighted by molar-refractivity contribution is 7.90. The van der Waals surface area contributed by atoms with Crippen molar-refractivity contribution in [3.05, 3.63) is 82.4 Å². The Balaban J connectivity index is 2.00. The summed E-state index contributed by atoms with van der Waals surface area (Å²) in [6.45, 7) is 1.87. The van der Waals surface area contributed by atoms with E-state index < -0.39 is 14.9 Å². The summed E-state index contributed by atoms with van der Waals surface area (Å²) >= 11 is 0. The number of nitrogens with zero attached hydrogens (tertiary/aromatic N) is 3. The van der Waals surface area contributed by atoms with Crippen LogP contribution < -0.4 is 4.74 Å². The van der Waals surface area contributed by atoms with Crippen LogP contribution >= 0.6 is 0 Å². The van der Waals surface area contributed by atoms with Crippen molar-refractivity contribution in [2.45, 2.75) is 11.8 Å². The van der Waals surface area contributed by atoms with E-state index in [0.717, 1.165) is 9.65 Å². The summed E-state index contributed by atoms with van der Waals surface area (Å²) in [6.07, 6.45) is 0. The van der Waals surface area contributed by atoms with Crippen LogP contribution in [0.2, 0.25) is 0 Å². The maximum Gasteiger partial charge on any atom is 0.283 e. The first-order valence-corrected chi connectivity index (χ1v) is 10.4. The molecule has 9 heteroatoms. The Labute approximate surface area is 172 Å². The van der Waals surface area contributed by atoms with Crippen LogP contribution in [0.5, 0.6) is 5.75 Å². The first kappa shape index (κ1) is 19.6. The Morgan fingerprint density at radius 2 is 1.77 bits per heavy atom. The molecule has 1 heterocycles. The largest absolute Gasteiger partial charge is 0.497 e. The Morgan fingerprint density at radius 3 is 2.43 bits per heavy atom. The van der Waals surface area contributed by atoms with Crippen molar-refractivity contribution in [2.75, 3.05) is 7.11 Å². The number of methoxy groups -OCH3 is 1. The second-order valence-corrected chi connectivity index (χ2v) is 8.47. The van der Waals surface area contributed by atoms with E-state index in [1.807, 2.05) is 6.92 Å². The number of hydrogen-bond acceptors (Lipinski definition) is 6. The van der Waals surface area contributed by atoms with Gasteiger partial charge in [0, 0.05) is 23.1 Å². The fourth-order valence-corrected chi connectivity index (χ4v) is 4.46. The zero-order valence-electron chi connectivity index (χ0n) is 16.1. The Bertz CT molecular complexity index is 1380. The highest BCUT2D eigenvalue weighted by atomic mass is 32.2. The molecule has 4 aromatic rings. The lowest BCUT2D eigenvalue weighted by molar-refractivity contribution is -0.384. The first-order chi connectivity index (χ1) is 14.3. The Hall–Kier alpha value is -3.72. The fraction of sp³-hybridized carbons (Fsp3) is 0.0952. The summed E-state index contributed by atoms with van der Waals surface area (Å²) in [5.41, 5.74) is 1.90. The highest BCUT2D eigenvalue weighted by Gasteiger charge is 2.24. The normalized spacial score (nSPS) is 11.5. The minimum atomic E-state index is -3.98. The summed E-state index contributed by atoms with van der Waals surface area (Å²) in [6, 6.07) is 17.3. The molecular formula is C21H17N3O5S. The predicted molar refractivity (Wildman–Crippen MR) is 112 cm³/mol. The van der Waals surface area contributed by atoms with Gasteiger partial charge >= 0.3 is 0 Å². The van der Waals surface area contributed by atoms with Gasteiger partial charge in [-0.1, -0.05) is 29.8 Å². The maximum absolute atomic E-state index is 13.3. The molecule has 0 saturated heterocycles. The molecule has 0 fully saturated rings. The lowest BCUT2D eigenvalue weighted by Crippen LogP contribution is -2.14. The van der Waals surface area contributed by atoms with Gasteiger partial charge in [0.25, 0.3) is 15.7 Å². The SMILES string of the molecule is COc1ccc2c(c1)c(-c1cccc([N+](=O)[O-])c1)nn2S(=O)(=O)c1ccc(C)cc1. The van der Waals surface area contributed by atoms with Gasteiger partial charge in [0.1, 0.15) is 11.4 Å². The molecule has 4 rings (SSSR count). The number of hydrogen-bond donors (Lipinski definition) is 0. The first-order valence-electron chi connectivity index (χ1n) is 8.95. The van der Waals surface area contributed by atoms with Crippen molar-refractivity contribution < 1.29 is 18.1 Å². The standard InChI is InChI=1S/C21H17N3O5S/c1-14-6-9-18(10-7-14)30(27,28)23-20-11-8-17(29-2)13-19(20)21(22-23)15-4-3-5-16(12-15)24(25)26/h3-13H,1-2H3. The molecule has 0 aliphatic heterocycles. The minimum Gasteiger partial charge on any atom is -0.497 e. The molecule has 30 heavy (non-hydrogen) atoms. The van der Waals surface area contributed by atoms with Gasteiger partial charge in [0.2, 0.25) is 0 Å². The van der Waals surface area contributed by atoms with Crippen molar-refractivity contribution in [3.8, 4) is 17.0 Å². The van der Waals surface area contributed by atoms with Crippen molar-refractivity contribution >= 4 is 26.6 Å². The van der Waals surface area contributed by atoms with Crippen LogP contribution in [0.1, 0.15) is 5.56 Å². The topological polar surface area (TPSA) is 104 Å². The van der Waals surface area contributed by atoms with E-state index in [2.05, 4.69) is 5.10 Å². The van der Waals surface area contributed by atoms with E-state index in [9.17, 15) is 18.5 Å². The van der Waals surface area contributed by atoms with Gasteiger partial charge < -0.3 is 4.74 Å². The third-order valence-corrected chi connectivity index (χ3v) is 6.33. The van der Waals surface area contributed by atoms with Crippen LogP contribution in [0, 0.1) is 17.0 Å². The second-order valence-electron chi connectivity index (χ2n) is 6.70. The third kappa shape index (κ3) is 3.29. The second kappa shape index (κ2) is 7.27. The maximum atomic E-state index is 13.3. The van der Waals surface area contributed by atoms with Gasteiger partial charge in [-0.3, -0.25) is 10.1 Å². The average molecular weight is 423 g/mol. The van der Waals surface area contributed by atoms with E-state index in [0.29, 0.717) is 27.9 Å². The van der Waals surface area contributed by atoms with Crippen LogP contribution in [0.4, 0.5) is 5.69 Å². The van der Waals surface area contributed by atoms with Crippen molar-refractivity contribution in [1.82, 2.24) is 9.19 Å². The van der Waals surface area contributed by atoms with E-state index >= 15 is 0 Å². The predicted octanol–water partition coefficient (Wildman–Crippen LogP) is 4.17. The van der Waals surface area contributed by atoms with E-state index in [1.54, 1.807) is 36.4 Å². The zero-order valence-corrected chi connectivity index (χ0v) is 17.0. The number of aromatic nitrogens is 2. The quantitative estimate of drug-likeness (QED) is 0.352. The summed E-state index contributed by atoms with van der Waals surface area (Å²) in [4.78, 5) is 10.8. The third-order valence-electron chi connectivity index (χ3n) is 4.73. The number of rotatable bonds is 5. The molecule has 0 radical (unpaired) electrons. The number of benzene rings is 3. The number of aryl methyl sites for hydroxylation is 1. The summed E-state index contributed by atoms with van der Waals surface area (Å²) in [5, 5.41) is 16.1. The smallest absolute Gasteiger partial charge is 0.283 e. The van der Waals surface area contributed by atoms with Gasteiger partial charge in [-0.2, -0.15) is 17.6 Å². The highest BCUT2D eigenvalue weighted by Crippen LogP contribution is 2.34. The summed E-state index contributed by atoms with van der Waals surface area (Å²) < 4.78 is 32.8. The van der Waals surface area contributed by atoms with E-state index in [4.69, 9.17) is 4.74 Å². The number of fused-ring (bicyclic) bond motifs is 1. The van der Waals surface area contributed by atoms with E-state index in [1.165, 1.54) is 37.4 Å². The molecule has 0 unspecified atom stereocenters. The van der Waals surface area contributed by atoms with Crippen LogP contribution in [0.3, 0.4) is 0 Å². The molecule has 3 aromatic carbocycles. The summed E-state index contributed by atoms with van der Waals surface area (Å²) in [5.74, 6) is 0.515. The minimum absolute atomic E-state index is 0.0962. The zero-order chi connectivity index (χ0) is 21.5. The molecular weight excluding hydrogens is 406 g/mol. The van der Waals surface area contributed by atoms with Crippen LogP contribution in [-0.2, 0) is 10.0 Å².